The van der Waals surface area contributed by atoms with Gasteiger partial charge in [0.15, 0.2) is 0 Å². The smallest absolute Gasteiger partial charge is 0.305 e. The van der Waals surface area contributed by atoms with E-state index in [1.54, 1.807) is 13.0 Å². The fraction of sp³-hybridized carbons (Fsp3) is 0.263. The lowest BCUT2D eigenvalue weighted by Gasteiger charge is -2.08. The minimum atomic E-state index is -0.277. The normalized spacial score (nSPS) is 11.3. The molecule has 0 aromatic heterocycles. The van der Waals surface area contributed by atoms with Gasteiger partial charge >= 0.3 is 5.97 Å². The molecule has 5 heteroatoms. The van der Waals surface area contributed by atoms with E-state index in [2.05, 4.69) is 10.1 Å². The largest absolute Gasteiger partial charge is 0.469 e. The summed E-state index contributed by atoms with van der Waals surface area (Å²) in [5, 5.41) is 4.92. The van der Waals surface area contributed by atoms with Crippen LogP contribution < -0.4 is 11.1 Å². The zero-order valence-electron chi connectivity index (χ0n) is 14.0. The summed E-state index contributed by atoms with van der Waals surface area (Å²) in [6.07, 6.45) is 2.61. The van der Waals surface area contributed by atoms with E-state index in [0.717, 1.165) is 16.3 Å². The second-order valence-electron chi connectivity index (χ2n) is 5.59. The number of anilines is 1. The molecule has 0 heterocycles. The predicted octanol–water partition coefficient (Wildman–Crippen LogP) is 2.89. The number of carbonyl (C=O) groups excluding carboxylic acids is 2. The van der Waals surface area contributed by atoms with E-state index in [1.807, 2.05) is 36.4 Å². The summed E-state index contributed by atoms with van der Waals surface area (Å²) >= 11 is 0. The first-order chi connectivity index (χ1) is 11.5. The SMILES string of the molecule is COC(=O)CCCNC(=O)C(C)=Cc1cc2ccccc2cc1N. The highest BCUT2D eigenvalue weighted by molar-refractivity contribution is 5.99. The van der Waals surface area contributed by atoms with Crippen LogP contribution in [0.2, 0.25) is 0 Å². The Morgan fingerprint density at radius 2 is 1.88 bits per heavy atom. The van der Waals surface area contributed by atoms with E-state index in [1.165, 1.54) is 7.11 Å². The van der Waals surface area contributed by atoms with Gasteiger partial charge in [0, 0.05) is 24.2 Å². The molecule has 0 unspecified atom stereocenters. The van der Waals surface area contributed by atoms with Gasteiger partial charge in [-0.15, -0.1) is 0 Å². The molecule has 0 spiro atoms. The Labute approximate surface area is 141 Å². The van der Waals surface area contributed by atoms with Crippen molar-refractivity contribution in [1.29, 1.82) is 0 Å². The molecule has 0 aliphatic rings. The number of methoxy groups -OCH3 is 1. The van der Waals surface area contributed by atoms with Crippen LogP contribution in [0.1, 0.15) is 25.3 Å². The van der Waals surface area contributed by atoms with Gasteiger partial charge in [-0.2, -0.15) is 0 Å². The van der Waals surface area contributed by atoms with E-state index < -0.39 is 0 Å². The highest BCUT2D eigenvalue weighted by Gasteiger charge is 2.07. The lowest BCUT2D eigenvalue weighted by atomic mass is 10.0. The molecule has 0 atom stereocenters. The Morgan fingerprint density at radius 3 is 2.54 bits per heavy atom. The molecular formula is C19H22N2O3. The van der Waals surface area contributed by atoms with Gasteiger partial charge in [-0.1, -0.05) is 24.3 Å². The average molecular weight is 326 g/mol. The molecule has 0 fully saturated rings. The maximum absolute atomic E-state index is 12.1. The lowest BCUT2D eigenvalue weighted by Crippen LogP contribution is -2.25. The fourth-order valence-electron chi connectivity index (χ4n) is 2.38. The van der Waals surface area contributed by atoms with Crippen molar-refractivity contribution in [2.45, 2.75) is 19.8 Å². The number of hydrogen-bond acceptors (Lipinski definition) is 4. The molecular weight excluding hydrogens is 304 g/mol. The second-order valence-corrected chi connectivity index (χ2v) is 5.59. The van der Waals surface area contributed by atoms with E-state index >= 15 is 0 Å². The topological polar surface area (TPSA) is 81.4 Å². The van der Waals surface area contributed by atoms with Crippen molar-refractivity contribution in [1.82, 2.24) is 5.32 Å². The first kappa shape index (κ1) is 17.5. The number of nitrogen functional groups attached to an aromatic ring is 1. The molecule has 5 nitrogen and oxygen atoms in total. The monoisotopic (exact) mass is 326 g/mol. The van der Waals surface area contributed by atoms with E-state index in [9.17, 15) is 9.59 Å². The molecule has 2 aromatic carbocycles. The number of amides is 1. The highest BCUT2D eigenvalue weighted by Crippen LogP contribution is 2.23. The van der Waals surface area contributed by atoms with Crippen molar-refractivity contribution in [3.05, 3.63) is 47.5 Å². The van der Waals surface area contributed by atoms with Crippen LogP contribution in [0.15, 0.2) is 42.0 Å². The number of ether oxygens (including phenoxy) is 1. The van der Waals surface area contributed by atoms with Crippen molar-refractivity contribution in [2.24, 2.45) is 0 Å². The average Bonchev–Trinajstić information content (AvgIpc) is 2.58. The van der Waals surface area contributed by atoms with Crippen LogP contribution in [0.3, 0.4) is 0 Å². The summed E-state index contributed by atoms with van der Waals surface area (Å²) in [4.78, 5) is 23.1. The van der Waals surface area contributed by atoms with Crippen molar-refractivity contribution >= 4 is 34.4 Å². The third kappa shape index (κ3) is 4.59. The molecule has 0 radical (unpaired) electrons. The second kappa shape index (κ2) is 8.15. The molecule has 2 aromatic rings. The van der Waals surface area contributed by atoms with Crippen LogP contribution in [-0.4, -0.2) is 25.5 Å². The van der Waals surface area contributed by atoms with Crippen LogP contribution in [-0.2, 0) is 14.3 Å². The van der Waals surface area contributed by atoms with E-state index in [-0.39, 0.29) is 18.3 Å². The summed E-state index contributed by atoms with van der Waals surface area (Å²) in [7, 11) is 1.35. The Morgan fingerprint density at radius 1 is 1.21 bits per heavy atom. The van der Waals surface area contributed by atoms with Crippen molar-refractivity contribution < 1.29 is 14.3 Å². The first-order valence-electron chi connectivity index (χ1n) is 7.83. The highest BCUT2D eigenvalue weighted by atomic mass is 16.5. The van der Waals surface area contributed by atoms with Gasteiger partial charge in [-0.05, 0) is 47.9 Å². The van der Waals surface area contributed by atoms with Gasteiger partial charge in [0.2, 0.25) is 5.91 Å². The fourth-order valence-corrected chi connectivity index (χ4v) is 2.38. The molecule has 1 amide bonds. The third-order valence-electron chi connectivity index (χ3n) is 3.75. The first-order valence-corrected chi connectivity index (χ1v) is 7.83. The standard InChI is InChI=1S/C19H22N2O3/c1-13(19(23)21-9-5-8-18(22)24-2)10-16-11-14-6-3-4-7-15(14)12-17(16)20/h3-4,6-7,10-12H,5,8-9,20H2,1-2H3,(H,21,23). The molecule has 0 saturated heterocycles. The molecule has 2 rings (SSSR count). The minimum absolute atomic E-state index is 0.174. The number of benzene rings is 2. The summed E-state index contributed by atoms with van der Waals surface area (Å²) in [6.45, 7) is 2.16. The molecule has 0 bridgehead atoms. The summed E-state index contributed by atoms with van der Waals surface area (Å²) in [5.74, 6) is -0.451. The number of fused-ring (bicyclic) bond motifs is 1. The van der Waals surface area contributed by atoms with Gasteiger partial charge in [0.1, 0.15) is 0 Å². The maximum Gasteiger partial charge on any atom is 0.305 e. The summed E-state index contributed by atoms with van der Waals surface area (Å²) in [5.41, 5.74) is 8.09. The zero-order chi connectivity index (χ0) is 17.5. The number of hydrogen-bond donors (Lipinski definition) is 2. The summed E-state index contributed by atoms with van der Waals surface area (Å²) in [6, 6.07) is 11.8. The van der Waals surface area contributed by atoms with Crippen LogP contribution in [0.25, 0.3) is 16.8 Å². The quantitative estimate of drug-likeness (QED) is 0.370. The Kier molecular flexibility index (Phi) is 5.95. The molecule has 24 heavy (non-hydrogen) atoms. The lowest BCUT2D eigenvalue weighted by molar-refractivity contribution is -0.140. The van der Waals surface area contributed by atoms with E-state index in [0.29, 0.717) is 24.2 Å². The number of nitrogens with two attached hydrogens (primary N) is 1. The Bertz CT molecular complexity index is 781. The Hall–Kier alpha value is -2.82. The molecule has 3 N–H and O–H groups in total. The van der Waals surface area contributed by atoms with E-state index in [4.69, 9.17) is 5.73 Å². The van der Waals surface area contributed by atoms with Crippen molar-refractivity contribution in [3.63, 3.8) is 0 Å². The van der Waals surface area contributed by atoms with Crippen molar-refractivity contribution in [2.75, 3.05) is 19.4 Å². The number of carbonyl (C=O) groups is 2. The van der Waals surface area contributed by atoms with Gasteiger partial charge in [0.05, 0.1) is 7.11 Å². The van der Waals surface area contributed by atoms with Gasteiger partial charge in [-0.25, -0.2) is 0 Å². The summed E-state index contributed by atoms with van der Waals surface area (Å²) < 4.78 is 4.56. The van der Waals surface area contributed by atoms with Crippen LogP contribution in [0, 0.1) is 0 Å². The zero-order valence-corrected chi connectivity index (χ0v) is 14.0. The maximum atomic E-state index is 12.1. The number of rotatable bonds is 6. The Balaban J connectivity index is 2.03. The molecule has 0 aliphatic heterocycles. The molecule has 0 aliphatic carbocycles. The number of esters is 1. The van der Waals surface area contributed by atoms with Crippen LogP contribution >= 0.6 is 0 Å². The van der Waals surface area contributed by atoms with Crippen molar-refractivity contribution in [3.8, 4) is 0 Å². The van der Waals surface area contributed by atoms with Gasteiger partial charge in [0.25, 0.3) is 0 Å². The van der Waals surface area contributed by atoms with Gasteiger partial charge in [-0.3, -0.25) is 9.59 Å². The predicted molar refractivity (Wildman–Crippen MR) is 96.3 cm³/mol. The molecule has 126 valence electrons. The van der Waals surface area contributed by atoms with Crippen LogP contribution in [0.4, 0.5) is 5.69 Å². The number of nitrogens with one attached hydrogen (secondary N) is 1. The van der Waals surface area contributed by atoms with Crippen LogP contribution in [0.5, 0.6) is 0 Å². The third-order valence-corrected chi connectivity index (χ3v) is 3.75. The molecule has 0 saturated carbocycles. The minimum Gasteiger partial charge on any atom is -0.469 e. The van der Waals surface area contributed by atoms with Gasteiger partial charge < -0.3 is 15.8 Å².